The Morgan fingerprint density at radius 1 is 0.938 bits per heavy atom. The molecular formula is C26H28ClN3O2. The summed E-state index contributed by atoms with van der Waals surface area (Å²) in [5.74, 6) is 0.942. The van der Waals surface area contributed by atoms with Gasteiger partial charge in [0.2, 0.25) is 0 Å². The molecule has 166 valence electrons. The quantitative estimate of drug-likeness (QED) is 0.574. The molecule has 0 aliphatic carbocycles. The number of likely N-dealkylation sites (tertiary alicyclic amines) is 1. The van der Waals surface area contributed by atoms with Crippen LogP contribution >= 0.6 is 11.6 Å². The van der Waals surface area contributed by atoms with Crippen molar-refractivity contribution in [3.05, 3.63) is 88.7 Å². The first-order valence-corrected chi connectivity index (χ1v) is 11.6. The van der Waals surface area contributed by atoms with Gasteiger partial charge in [0.1, 0.15) is 17.5 Å². The monoisotopic (exact) mass is 449 g/mol. The van der Waals surface area contributed by atoms with E-state index in [1.54, 1.807) is 0 Å². The summed E-state index contributed by atoms with van der Waals surface area (Å²) in [5, 5.41) is 0.808. The summed E-state index contributed by atoms with van der Waals surface area (Å²) in [7, 11) is 2.19. The second-order valence-corrected chi connectivity index (χ2v) is 9.12. The number of halogens is 1. The topological polar surface area (TPSA) is 37.7 Å². The standard InChI is InChI=1S/C26H28ClN3O2/c1-28-17-18-30-23(11-12-24(30)27)26(28)13-15-29(16-14-26)25(31)21-9-7-20(8-10-21)19-32-22-5-3-2-4-6-22/h2-12H,13-19H2,1H3. The molecule has 6 heteroatoms. The highest BCUT2D eigenvalue weighted by molar-refractivity contribution is 6.29. The Kier molecular flexibility index (Phi) is 5.70. The molecule has 0 atom stereocenters. The van der Waals surface area contributed by atoms with E-state index in [2.05, 4.69) is 22.6 Å². The number of nitrogens with zero attached hydrogens (tertiary/aromatic N) is 3. The fourth-order valence-corrected chi connectivity index (χ4v) is 5.30. The number of para-hydroxylation sites is 1. The second-order valence-electron chi connectivity index (χ2n) is 8.74. The number of amides is 1. The molecule has 2 aliphatic rings. The van der Waals surface area contributed by atoms with Gasteiger partial charge < -0.3 is 14.2 Å². The fourth-order valence-electron chi connectivity index (χ4n) is 5.06. The number of fused-ring (bicyclic) bond motifs is 2. The SMILES string of the molecule is CN1CCn2c(Cl)ccc2C12CCN(C(=O)c1ccc(COc3ccccc3)cc1)CC2. The van der Waals surface area contributed by atoms with Gasteiger partial charge in [-0.15, -0.1) is 0 Å². The summed E-state index contributed by atoms with van der Waals surface area (Å²) < 4.78 is 8.03. The van der Waals surface area contributed by atoms with Crippen molar-refractivity contribution in [2.45, 2.75) is 31.5 Å². The van der Waals surface area contributed by atoms with Gasteiger partial charge in [-0.25, -0.2) is 0 Å². The largest absolute Gasteiger partial charge is 0.489 e. The van der Waals surface area contributed by atoms with Crippen molar-refractivity contribution in [3.8, 4) is 5.75 Å². The molecule has 0 unspecified atom stereocenters. The second kappa shape index (κ2) is 8.64. The molecule has 0 bridgehead atoms. The van der Waals surface area contributed by atoms with E-state index in [1.165, 1.54) is 5.69 Å². The van der Waals surface area contributed by atoms with Crippen molar-refractivity contribution < 1.29 is 9.53 Å². The van der Waals surface area contributed by atoms with Crippen LogP contribution in [0.5, 0.6) is 5.75 Å². The molecule has 2 aromatic carbocycles. The number of likely N-dealkylation sites (N-methyl/N-ethyl adjacent to an activating group) is 1. The number of ether oxygens (including phenoxy) is 1. The van der Waals surface area contributed by atoms with Gasteiger partial charge in [-0.3, -0.25) is 9.69 Å². The average molecular weight is 450 g/mol. The highest BCUT2D eigenvalue weighted by atomic mass is 35.5. The van der Waals surface area contributed by atoms with Crippen molar-refractivity contribution in [1.82, 2.24) is 14.4 Å². The molecule has 0 saturated carbocycles. The summed E-state index contributed by atoms with van der Waals surface area (Å²) in [6.45, 7) is 3.86. The highest BCUT2D eigenvalue weighted by Gasteiger charge is 2.44. The summed E-state index contributed by atoms with van der Waals surface area (Å²) in [5.41, 5.74) is 3.02. The minimum atomic E-state index is -0.0409. The van der Waals surface area contributed by atoms with E-state index in [1.807, 2.05) is 65.6 Å². The van der Waals surface area contributed by atoms with Crippen LogP contribution in [-0.4, -0.2) is 47.0 Å². The van der Waals surface area contributed by atoms with Gasteiger partial charge in [-0.05, 0) is 61.9 Å². The van der Waals surface area contributed by atoms with Gasteiger partial charge in [0.25, 0.3) is 5.91 Å². The average Bonchev–Trinajstić information content (AvgIpc) is 3.23. The lowest BCUT2D eigenvalue weighted by Crippen LogP contribution is -2.56. The van der Waals surface area contributed by atoms with Crippen LogP contribution in [0.25, 0.3) is 0 Å². The van der Waals surface area contributed by atoms with E-state index < -0.39 is 0 Å². The molecule has 5 nitrogen and oxygen atoms in total. The molecule has 5 rings (SSSR count). The van der Waals surface area contributed by atoms with Gasteiger partial charge in [-0.2, -0.15) is 0 Å². The third-order valence-electron chi connectivity index (χ3n) is 7.02. The van der Waals surface area contributed by atoms with E-state index in [0.717, 1.165) is 61.1 Å². The summed E-state index contributed by atoms with van der Waals surface area (Å²) >= 11 is 6.41. The molecular weight excluding hydrogens is 422 g/mol. The first-order valence-electron chi connectivity index (χ1n) is 11.2. The Balaban J connectivity index is 1.23. The molecule has 1 aromatic heterocycles. The van der Waals surface area contributed by atoms with Gasteiger partial charge in [0, 0.05) is 37.4 Å². The van der Waals surface area contributed by atoms with E-state index >= 15 is 0 Å². The van der Waals surface area contributed by atoms with Crippen LogP contribution < -0.4 is 4.74 Å². The lowest BCUT2D eigenvalue weighted by atomic mass is 9.81. The number of carbonyl (C=O) groups excluding carboxylic acids is 1. The molecule has 1 fully saturated rings. The maximum atomic E-state index is 13.1. The van der Waals surface area contributed by atoms with Crippen molar-refractivity contribution in [2.24, 2.45) is 0 Å². The Hall–Kier alpha value is -2.76. The van der Waals surface area contributed by atoms with Crippen LogP contribution in [0, 0.1) is 0 Å². The van der Waals surface area contributed by atoms with E-state index in [9.17, 15) is 4.79 Å². The van der Waals surface area contributed by atoms with Crippen molar-refractivity contribution in [3.63, 3.8) is 0 Å². The first-order chi connectivity index (χ1) is 15.6. The van der Waals surface area contributed by atoms with Crippen LogP contribution in [0.15, 0.2) is 66.7 Å². The predicted octanol–water partition coefficient (Wildman–Crippen LogP) is 4.80. The number of hydrogen-bond donors (Lipinski definition) is 0. The minimum Gasteiger partial charge on any atom is -0.489 e. The van der Waals surface area contributed by atoms with Crippen LogP contribution in [0.3, 0.4) is 0 Å². The zero-order valence-electron chi connectivity index (χ0n) is 18.3. The Bertz CT molecular complexity index is 1090. The molecule has 1 spiro atoms. The van der Waals surface area contributed by atoms with Crippen LogP contribution in [0.2, 0.25) is 5.15 Å². The molecule has 0 radical (unpaired) electrons. The number of piperidine rings is 1. The van der Waals surface area contributed by atoms with E-state index in [4.69, 9.17) is 16.3 Å². The number of benzene rings is 2. The van der Waals surface area contributed by atoms with E-state index in [-0.39, 0.29) is 11.4 Å². The molecule has 1 amide bonds. The third-order valence-corrected chi connectivity index (χ3v) is 7.35. The zero-order valence-corrected chi connectivity index (χ0v) is 19.1. The Morgan fingerprint density at radius 2 is 1.66 bits per heavy atom. The Labute approximate surface area is 194 Å². The first kappa shape index (κ1) is 21.1. The van der Waals surface area contributed by atoms with Crippen LogP contribution in [0.1, 0.15) is 34.5 Å². The van der Waals surface area contributed by atoms with E-state index in [0.29, 0.717) is 6.61 Å². The Morgan fingerprint density at radius 3 is 2.38 bits per heavy atom. The lowest BCUT2D eigenvalue weighted by molar-refractivity contribution is 0.0132. The lowest BCUT2D eigenvalue weighted by Gasteiger charge is -2.50. The van der Waals surface area contributed by atoms with Crippen LogP contribution in [0.4, 0.5) is 0 Å². The molecule has 0 N–H and O–H groups in total. The number of rotatable bonds is 4. The van der Waals surface area contributed by atoms with Gasteiger partial charge in [0.05, 0.1) is 5.54 Å². The third kappa shape index (κ3) is 3.80. The summed E-state index contributed by atoms with van der Waals surface area (Å²) in [6, 6.07) is 21.7. The highest BCUT2D eigenvalue weighted by Crippen LogP contribution is 2.42. The minimum absolute atomic E-state index is 0.0409. The molecule has 3 aromatic rings. The summed E-state index contributed by atoms with van der Waals surface area (Å²) in [4.78, 5) is 17.6. The summed E-state index contributed by atoms with van der Waals surface area (Å²) in [6.07, 6.45) is 1.83. The molecule has 2 aliphatic heterocycles. The van der Waals surface area contributed by atoms with Crippen molar-refractivity contribution in [2.75, 3.05) is 26.7 Å². The number of carbonyl (C=O) groups is 1. The van der Waals surface area contributed by atoms with Crippen LogP contribution in [-0.2, 0) is 18.7 Å². The fraction of sp³-hybridized carbons (Fsp3) is 0.346. The molecule has 3 heterocycles. The maximum Gasteiger partial charge on any atom is 0.253 e. The molecule has 32 heavy (non-hydrogen) atoms. The van der Waals surface area contributed by atoms with Gasteiger partial charge in [-0.1, -0.05) is 41.9 Å². The molecule has 1 saturated heterocycles. The smallest absolute Gasteiger partial charge is 0.253 e. The van der Waals surface area contributed by atoms with Gasteiger partial charge >= 0.3 is 0 Å². The van der Waals surface area contributed by atoms with Crippen molar-refractivity contribution in [1.29, 1.82) is 0 Å². The van der Waals surface area contributed by atoms with Crippen molar-refractivity contribution >= 4 is 17.5 Å². The number of aromatic nitrogens is 1. The number of hydrogen-bond acceptors (Lipinski definition) is 3. The van der Waals surface area contributed by atoms with Gasteiger partial charge in [0.15, 0.2) is 0 Å². The zero-order chi connectivity index (χ0) is 22.1. The normalized spacial score (nSPS) is 17.9. The maximum absolute atomic E-state index is 13.1. The predicted molar refractivity (Wildman–Crippen MR) is 126 cm³/mol.